The van der Waals surface area contributed by atoms with E-state index in [4.69, 9.17) is 0 Å². The Bertz CT molecular complexity index is 545. The van der Waals surface area contributed by atoms with Crippen LogP contribution in [0.4, 0.5) is 0 Å². The van der Waals surface area contributed by atoms with Crippen LogP contribution in [0.3, 0.4) is 0 Å². The number of nitrogens with zero attached hydrogens (tertiary/aromatic N) is 2. The molecule has 2 aromatic rings. The van der Waals surface area contributed by atoms with Crippen LogP contribution in [0.25, 0.3) is 0 Å². The van der Waals surface area contributed by atoms with Crippen LogP contribution in [0.2, 0.25) is 0 Å². The molecule has 2 amide bonds. The Labute approximate surface area is 117 Å². The molecule has 0 aliphatic heterocycles. The molecule has 6 nitrogen and oxygen atoms in total. The van der Waals surface area contributed by atoms with Crippen molar-refractivity contribution in [3.05, 3.63) is 41.4 Å². The summed E-state index contributed by atoms with van der Waals surface area (Å²) in [5.74, 6) is -0.482. The molecule has 0 saturated heterocycles. The molecular formula is C11H10N4O2S2. The lowest BCUT2D eigenvalue weighted by molar-refractivity contribution is -0.119. The van der Waals surface area contributed by atoms with E-state index in [-0.39, 0.29) is 17.6 Å². The summed E-state index contributed by atoms with van der Waals surface area (Å²) in [5.41, 5.74) is 6.77. The van der Waals surface area contributed by atoms with Crippen molar-refractivity contribution in [1.82, 2.24) is 21.0 Å². The number of rotatable bonds is 4. The summed E-state index contributed by atoms with van der Waals surface area (Å²) in [7, 11) is 0. The van der Waals surface area contributed by atoms with Crippen LogP contribution in [0.5, 0.6) is 0 Å². The average Bonchev–Trinajstić information content (AvgIpc) is 2.96. The van der Waals surface area contributed by atoms with Crippen LogP contribution in [-0.2, 0) is 4.79 Å². The van der Waals surface area contributed by atoms with Gasteiger partial charge in [-0.15, -0.1) is 10.2 Å². The SMILES string of the molecule is O=C(CSc1nncs1)NNC(=O)c1ccccc1. The number of aromatic nitrogens is 2. The predicted molar refractivity (Wildman–Crippen MR) is 72.7 cm³/mol. The lowest BCUT2D eigenvalue weighted by Gasteiger charge is -2.06. The van der Waals surface area contributed by atoms with Gasteiger partial charge in [-0.2, -0.15) is 0 Å². The van der Waals surface area contributed by atoms with E-state index in [0.717, 1.165) is 0 Å². The van der Waals surface area contributed by atoms with Gasteiger partial charge >= 0.3 is 0 Å². The predicted octanol–water partition coefficient (Wildman–Crippen LogP) is 1.09. The van der Waals surface area contributed by atoms with Gasteiger partial charge in [0.05, 0.1) is 5.75 Å². The van der Waals surface area contributed by atoms with Crippen molar-refractivity contribution >= 4 is 34.9 Å². The molecule has 0 radical (unpaired) electrons. The van der Waals surface area contributed by atoms with Gasteiger partial charge in [0.15, 0.2) is 4.34 Å². The third-order valence-corrected chi connectivity index (χ3v) is 3.88. The van der Waals surface area contributed by atoms with Gasteiger partial charge in [0.25, 0.3) is 5.91 Å². The van der Waals surface area contributed by atoms with Crippen molar-refractivity contribution < 1.29 is 9.59 Å². The van der Waals surface area contributed by atoms with Gasteiger partial charge in [0, 0.05) is 5.56 Å². The average molecular weight is 294 g/mol. The van der Waals surface area contributed by atoms with Crippen molar-refractivity contribution in [2.24, 2.45) is 0 Å². The van der Waals surface area contributed by atoms with Gasteiger partial charge in [0.2, 0.25) is 5.91 Å². The van der Waals surface area contributed by atoms with Crippen molar-refractivity contribution in [2.45, 2.75) is 4.34 Å². The minimum Gasteiger partial charge on any atom is -0.272 e. The number of hydrogen-bond acceptors (Lipinski definition) is 6. The molecule has 98 valence electrons. The van der Waals surface area contributed by atoms with Crippen LogP contribution in [0.15, 0.2) is 40.2 Å². The zero-order chi connectivity index (χ0) is 13.5. The van der Waals surface area contributed by atoms with Crippen LogP contribution in [0.1, 0.15) is 10.4 Å². The fourth-order valence-corrected chi connectivity index (χ4v) is 2.47. The summed E-state index contributed by atoms with van der Waals surface area (Å²) in [6.45, 7) is 0. The van der Waals surface area contributed by atoms with Gasteiger partial charge in [-0.1, -0.05) is 41.3 Å². The molecule has 0 atom stereocenters. The normalized spacial score (nSPS) is 9.89. The first-order valence-electron chi connectivity index (χ1n) is 5.29. The van der Waals surface area contributed by atoms with Gasteiger partial charge in [-0.05, 0) is 12.1 Å². The first-order chi connectivity index (χ1) is 9.25. The number of benzene rings is 1. The van der Waals surface area contributed by atoms with E-state index in [2.05, 4.69) is 21.0 Å². The second-order valence-electron chi connectivity index (χ2n) is 3.36. The van der Waals surface area contributed by atoms with E-state index >= 15 is 0 Å². The number of amides is 2. The Kier molecular flexibility index (Phi) is 4.87. The van der Waals surface area contributed by atoms with Crippen molar-refractivity contribution in [3.63, 3.8) is 0 Å². The molecule has 1 aromatic heterocycles. The smallest absolute Gasteiger partial charge is 0.269 e. The summed E-state index contributed by atoms with van der Waals surface area (Å²) in [6, 6.07) is 8.65. The number of carbonyl (C=O) groups excluding carboxylic acids is 2. The number of carbonyl (C=O) groups is 2. The maximum atomic E-state index is 11.6. The molecule has 1 aromatic carbocycles. The van der Waals surface area contributed by atoms with Gasteiger partial charge in [-0.3, -0.25) is 20.4 Å². The maximum absolute atomic E-state index is 11.6. The highest BCUT2D eigenvalue weighted by atomic mass is 32.2. The fraction of sp³-hybridized carbons (Fsp3) is 0.0909. The molecule has 0 unspecified atom stereocenters. The van der Waals surface area contributed by atoms with Crippen molar-refractivity contribution in [2.75, 3.05) is 5.75 Å². The van der Waals surface area contributed by atoms with Crippen LogP contribution in [0, 0.1) is 0 Å². The number of hydrazine groups is 1. The zero-order valence-electron chi connectivity index (χ0n) is 9.70. The van der Waals surface area contributed by atoms with E-state index < -0.39 is 0 Å². The van der Waals surface area contributed by atoms with E-state index in [1.165, 1.54) is 23.1 Å². The summed E-state index contributed by atoms with van der Waals surface area (Å²) >= 11 is 2.62. The molecule has 0 spiro atoms. The fourth-order valence-electron chi connectivity index (χ4n) is 1.18. The topological polar surface area (TPSA) is 84.0 Å². The Morgan fingerprint density at radius 1 is 1.21 bits per heavy atom. The maximum Gasteiger partial charge on any atom is 0.269 e. The third-order valence-electron chi connectivity index (χ3n) is 2.02. The molecule has 8 heteroatoms. The molecule has 19 heavy (non-hydrogen) atoms. The Morgan fingerprint density at radius 3 is 2.68 bits per heavy atom. The van der Waals surface area contributed by atoms with Crippen LogP contribution in [-0.4, -0.2) is 27.8 Å². The molecule has 0 fully saturated rings. The Balaban J connectivity index is 1.73. The molecule has 0 saturated carbocycles. The van der Waals surface area contributed by atoms with E-state index in [1.807, 2.05) is 6.07 Å². The standard InChI is InChI=1S/C11H10N4O2S2/c16-9(6-18-11-15-12-7-19-11)13-14-10(17)8-4-2-1-3-5-8/h1-5,7H,6H2,(H,13,16)(H,14,17). The number of hydrogen-bond donors (Lipinski definition) is 2. The van der Waals surface area contributed by atoms with E-state index in [0.29, 0.717) is 9.90 Å². The summed E-state index contributed by atoms with van der Waals surface area (Å²) < 4.78 is 0.713. The third kappa shape index (κ3) is 4.34. The lowest BCUT2D eigenvalue weighted by Crippen LogP contribution is -2.42. The van der Waals surface area contributed by atoms with Crippen molar-refractivity contribution in [1.29, 1.82) is 0 Å². The molecule has 2 N–H and O–H groups in total. The van der Waals surface area contributed by atoms with E-state index in [9.17, 15) is 9.59 Å². The highest BCUT2D eigenvalue weighted by Crippen LogP contribution is 2.17. The van der Waals surface area contributed by atoms with Gasteiger partial charge in [-0.25, -0.2) is 0 Å². The van der Waals surface area contributed by atoms with Crippen LogP contribution >= 0.6 is 23.1 Å². The second kappa shape index (κ2) is 6.86. The zero-order valence-corrected chi connectivity index (χ0v) is 11.3. The lowest BCUT2D eigenvalue weighted by atomic mass is 10.2. The quantitative estimate of drug-likeness (QED) is 0.651. The number of thioether (sulfide) groups is 1. The number of nitrogens with one attached hydrogen (secondary N) is 2. The van der Waals surface area contributed by atoms with Gasteiger partial charge in [0.1, 0.15) is 5.51 Å². The molecule has 0 aliphatic carbocycles. The first-order valence-corrected chi connectivity index (χ1v) is 7.15. The minimum absolute atomic E-state index is 0.171. The monoisotopic (exact) mass is 294 g/mol. The minimum atomic E-state index is -0.352. The Hall–Kier alpha value is -1.93. The van der Waals surface area contributed by atoms with Crippen molar-refractivity contribution in [3.8, 4) is 0 Å². The first kappa shape index (κ1) is 13.5. The highest BCUT2D eigenvalue weighted by Gasteiger charge is 2.08. The molecule has 1 heterocycles. The molecule has 2 rings (SSSR count). The van der Waals surface area contributed by atoms with Crippen LogP contribution < -0.4 is 10.9 Å². The largest absolute Gasteiger partial charge is 0.272 e. The van der Waals surface area contributed by atoms with E-state index in [1.54, 1.807) is 29.8 Å². The summed E-state index contributed by atoms with van der Waals surface area (Å²) in [4.78, 5) is 23.1. The van der Waals surface area contributed by atoms with Gasteiger partial charge < -0.3 is 0 Å². The molecule has 0 aliphatic rings. The molecule has 0 bridgehead atoms. The summed E-state index contributed by atoms with van der Waals surface area (Å²) in [6.07, 6.45) is 0. The second-order valence-corrected chi connectivity index (χ2v) is 5.42. The summed E-state index contributed by atoms with van der Waals surface area (Å²) in [5, 5.41) is 7.46. The Morgan fingerprint density at radius 2 is 2.00 bits per heavy atom. The molecular weight excluding hydrogens is 284 g/mol. The highest BCUT2D eigenvalue weighted by molar-refractivity contribution is 8.01.